The van der Waals surface area contributed by atoms with E-state index < -0.39 is 0 Å². The maximum atomic E-state index is 11.1. The maximum absolute atomic E-state index is 11.1. The van der Waals surface area contributed by atoms with E-state index in [1.165, 1.54) is 12.8 Å². The molecule has 148 valence electrons. The van der Waals surface area contributed by atoms with E-state index in [9.17, 15) is 15.0 Å². The van der Waals surface area contributed by atoms with Gasteiger partial charge in [-0.2, -0.15) is 0 Å². The molecule has 5 N–H and O–H groups in total. The molecule has 1 aliphatic carbocycles. The zero-order chi connectivity index (χ0) is 18.5. The number of aliphatic hydroxyl groups is 2. The predicted molar refractivity (Wildman–Crippen MR) is 102 cm³/mol. The summed E-state index contributed by atoms with van der Waals surface area (Å²) >= 11 is 0. The Morgan fingerprint density at radius 3 is 2.56 bits per heavy atom. The van der Waals surface area contributed by atoms with Gasteiger partial charge >= 0.3 is 0 Å². The van der Waals surface area contributed by atoms with Crippen molar-refractivity contribution >= 4 is 5.91 Å². The van der Waals surface area contributed by atoms with Gasteiger partial charge in [0.05, 0.1) is 12.2 Å². The summed E-state index contributed by atoms with van der Waals surface area (Å²) in [5, 5.41) is 20.4. The first-order valence-corrected chi connectivity index (χ1v) is 10.4. The second-order valence-corrected chi connectivity index (χ2v) is 7.82. The third-order valence-electron chi connectivity index (χ3n) is 5.80. The highest BCUT2D eigenvalue weighted by Gasteiger charge is 2.34. The molecular weight excluding hydrogens is 316 g/mol. The van der Waals surface area contributed by atoms with Gasteiger partial charge < -0.3 is 10.2 Å². The minimum Gasteiger partial charge on any atom is -0.393 e. The minimum atomic E-state index is -0.200. The molecule has 0 bridgehead atoms. The molecule has 1 amide bonds. The summed E-state index contributed by atoms with van der Waals surface area (Å²) in [4.78, 5) is 11.1. The van der Waals surface area contributed by atoms with Crippen molar-refractivity contribution in [2.75, 3.05) is 0 Å². The summed E-state index contributed by atoms with van der Waals surface area (Å²) in [6.07, 6.45) is 13.8. The quantitative estimate of drug-likeness (QED) is 0.166. The van der Waals surface area contributed by atoms with E-state index in [0.717, 1.165) is 70.6 Å². The van der Waals surface area contributed by atoms with Crippen LogP contribution < -0.4 is 11.3 Å². The first kappa shape index (κ1) is 22.4. The molecule has 0 saturated heterocycles. The Balaban J connectivity index is 2.16. The summed E-state index contributed by atoms with van der Waals surface area (Å²) in [6, 6.07) is 0. The minimum absolute atomic E-state index is 0.0866. The molecule has 0 aliphatic heterocycles. The van der Waals surface area contributed by atoms with E-state index in [2.05, 4.69) is 12.3 Å². The Hall–Kier alpha value is -0.650. The lowest BCUT2D eigenvalue weighted by molar-refractivity contribution is -0.121. The molecule has 1 saturated carbocycles. The third kappa shape index (κ3) is 9.57. The predicted octanol–water partition coefficient (Wildman–Crippen LogP) is 3.43. The topological polar surface area (TPSA) is 95.6 Å². The number of unbranched alkanes of at least 4 members (excludes halogenated alkanes) is 5. The highest BCUT2D eigenvalue weighted by Crippen LogP contribution is 2.39. The van der Waals surface area contributed by atoms with Crippen molar-refractivity contribution in [2.45, 2.75) is 109 Å². The fourth-order valence-electron chi connectivity index (χ4n) is 4.19. The van der Waals surface area contributed by atoms with Crippen LogP contribution in [0.4, 0.5) is 0 Å². The molecule has 4 atom stereocenters. The molecule has 1 fully saturated rings. The molecule has 25 heavy (non-hydrogen) atoms. The third-order valence-corrected chi connectivity index (χ3v) is 5.80. The van der Waals surface area contributed by atoms with Crippen LogP contribution in [-0.4, -0.2) is 28.3 Å². The number of nitrogens with two attached hydrogens (primary N) is 1. The lowest BCUT2D eigenvalue weighted by atomic mass is 9.85. The summed E-state index contributed by atoms with van der Waals surface area (Å²) in [5.74, 6) is 5.95. The van der Waals surface area contributed by atoms with Gasteiger partial charge in [-0.05, 0) is 50.4 Å². The zero-order valence-corrected chi connectivity index (χ0v) is 16.1. The van der Waals surface area contributed by atoms with Gasteiger partial charge in [-0.3, -0.25) is 10.2 Å². The maximum Gasteiger partial charge on any atom is 0.233 e. The van der Waals surface area contributed by atoms with Crippen molar-refractivity contribution in [3.05, 3.63) is 0 Å². The van der Waals surface area contributed by atoms with Crippen LogP contribution in [0, 0.1) is 11.8 Å². The molecule has 5 nitrogen and oxygen atoms in total. The van der Waals surface area contributed by atoms with Crippen LogP contribution in [0.2, 0.25) is 0 Å². The van der Waals surface area contributed by atoms with Crippen molar-refractivity contribution in [1.29, 1.82) is 0 Å². The van der Waals surface area contributed by atoms with Gasteiger partial charge in [0.2, 0.25) is 5.91 Å². The SMILES string of the molecule is CCCCCC(O)CCC1C(O)CCC1CCCCCCC(=O)NN. The molecule has 0 heterocycles. The number of hydrogen-bond donors (Lipinski definition) is 4. The Kier molecular flexibility index (Phi) is 12.1. The standard InChI is InChI=1S/C20H40N2O3/c1-2-3-6-10-17(23)13-14-18-16(12-15-19(18)24)9-7-4-5-8-11-20(25)22-21/h16-19,23-24H,2-15,21H2,1H3,(H,22,25). The van der Waals surface area contributed by atoms with E-state index in [-0.39, 0.29) is 18.1 Å². The largest absolute Gasteiger partial charge is 0.393 e. The molecule has 4 unspecified atom stereocenters. The first-order chi connectivity index (χ1) is 12.1. The average molecular weight is 357 g/mol. The number of aliphatic hydroxyl groups excluding tert-OH is 2. The highest BCUT2D eigenvalue weighted by atomic mass is 16.3. The lowest BCUT2D eigenvalue weighted by Gasteiger charge is -2.23. The molecular formula is C20H40N2O3. The van der Waals surface area contributed by atoms with Crippen LogP contribution in [-0.2, 0) is 4.79 Å². The van der Waals surface area contributed by atoms with Crippen molar-refractivity contribution in [2.24, 2.45) is 17.7 Å². The summed E-state index contributed by atoms with van der Waals surface area (Å²) in [6.45, 7) is 2.18. The van der Waals surface area contributed by atoms with Crippen LogP contribution in [0.1, 0.15) is 96.8 Å². The van der Waals surface area contributed by atoms with Gasteiger partial charge in [-0.1, -0.05) is 51.9 Å². The Morgan fingerprint density at radius 2 is 1.84 bits per heavy atom. The summed E-state index contributed by atoms with van der Waals surface area (Å²) in [5.41, 5.74) is 2.16. The molecule has 1 aliphatic rings. The van der Waals surface area contributed by atoms with Crippen LogP contribution in [0.3, 0.4) is 0 Å². The van der Waals surface area contributed by atoms with E-state index in [0.29, 0.717) is 18.3 Å². The number of carbonyl (C=O) groups is 1. The highest BCUT2D eigenvalue weighted by molar-refractivity contribution is 5.74. The van der Waals surface area contributed by atoms with Crippen molar-refractivity contribution in [3.8, 4) is 0 Å². The molecule has 0 aromatic rings. The van der Waals surface area contributed by atoms with E-state index in [4.69, 9.17) is 5.84 Å². The monoisotopic (exact) mass is 356 g/mol. The van der Waals surface area contributed by atoms with Crippen LogP contribution in [0.5, 0.6) is 0 Å². The Labute approximate surface area is 153 Å². The molecule has 0 aromatic carbocycles. The van der Waals surface area contributed by atoms with Crippen LogP contribution in [0.25, 0.3) is 0 Å². The molecule has 0 spiro atoms. The number of hydrogen-bond acceptors (Lipinski definition) is 4. The van der Waals surface area contributed by atoms with Crippen molar-refractivity contribution < 1.29 is 15.0 Å². The molecule has 0 radical (unpaired) electrons. The molecule has 1 rings (SSSR count). The van der Waals surface area contributed by atoms with Crippen molar-refractivity contribution in [3.63, 3.8) is 0 Å². The van der Waals surface area contributed by atoms with E-state index >= 15 is 0 Å². The number of amides is 1. The lowest BCUT2D eigenvalue weighted by Crippen LogP contribution is -2.29. The number of rotatable bonds is 14. The van der Waals surface area contributed by atoms with E-state index in [1.54, 1.807) is 0 Å². The normalized spacial score (nSPS) is 24.4. The zero-order valence-electron chi connectivity index (χ0n) is 16.1. The van der Waals surface area contributed by atoms with Crippen LogP contribution in [0.15, 0.2) is 0 Å². The Morgan fingerprint density at radius 1 is 1.08 bits per heavy atom. The van der Waals surface area contributed by atoms with Gasteiger partial charge in [0.15, 0.2) is 0 Å². The van der Waals surface area contributed by atoms with Crippen LogP contribution >= 0.6 is 0 Å². The smallest absolute Gasteiger partial charge is 0.233 e. The van der Waals surface area contributed by atoms with Gasteiger partial charge in [-0.15, -0.1) is 0 Å². The second kappa shape index (κ2) is 13.5. The van der Waals surface area contributed by atoms with Gasteiger partial charge in [0.1, 0.15) is 0 Å². The molecule has 0 aromatic heterocycles. The first-order valence-electron chi connectivity index (χ1n) is 10.4. The summed E-state index contributed by atoms with van der Waals surface area (Å²) in [7, 11) is 0. The Bertz CT molecular complexity index is 352. The second-order valence-electron chi connectivity index (χ2n) is 7.82. The van der Waals surface area contributed by atoms with Crippen molar-refractivity contribution in [1.82, 2.24) is 5.43 Å². The number of nitrogens with one attached hydrogen (secondary N) is 1. The number of hydrazine groups is 1. The fourth-order valence-corrected chi connectivity index (χ4v) is 4.19. The number of carbonyl (C=O) groups excluding carboxylic acids is 1. The van der Waals surface area contributed by atoms with Gasteiger partial charge in [0, 0.05) is 6.42 Å². The van der Waals surface area contributed by atoms with E-state index in [1.807, 2.05) is 0 Å². The fraction of sp³-hybridized carbons (Fsp3) is 0.950. The summed E-state index contributed by atoms with van der Waals surface area (Å²) < 4.78 is 0. The molecule has 5 heteroatoms. The van der Waals surface area contributed by atoms with Gasteiger partial charge in [-0.25, -0.2) is 5.84 Å². The van der Waals surface area contributed by atoms with Gasteiger partial charge in [0.25, 0.3) is 0 Å². The average Bonchev–Trinajstić information content (AvgIpc) is 2.96.